The maximum atomic E-state index is 12.5. The third-order valence-electron chi connectivity index (χ3n) is 3.73. The number of benzene rings is 2. The van der Waals surface area contributed by atoms with Crippen LogP contribution in [-0.2, 0) is 17.8 Å². The third-order valence-corrected chi connectivity index (χ3v) is 3.73. The van der Waals surface area contributed by atoms with Gasteiger partial charge in [-0.05, 0) is 36.1 Å². The highest BCUT2D eigenvalue weighted by molar-refractivity contribution is 5.76. The summed E-state index contributed by atoms with van der Waals surface area (Å²) >= 11 is 0. The molecule has 122 valence electrons. The van der Waals surface area contributed by atoms with Gasteiger partial charge in [-0.2, -0.15) is 0 Å². The van der Waals surface area contributed by atoms with Gasteiger partial charge in [0.25, 0.3) is 0 Å². The summed E-state index contributed by atoms with van der Waals surface area (Å²) in [6.07, 6.45) is 1.84. The second kappa shape index (κ2) is 8.22. The molecule has 2 N–H and O–H groups in total. The molecule has 0 fully saturated rings. The van der Waals surface area contributed by atoms with E-state index in [2.05, 4.69) is 6.92 Å². The van der Waals surface area contributed by atoms with Crippen LogP contribution in [0.25, 0.3) is 0 Å². The fraction of sp³-hybridized carbons (Fsp3) is 0.316. The van der Waals surface area contributed by atoms with Crippen molar-refractivity contribution in [2.75, 3.05) is 6.54 Å². The molecular weight excluding hydrogens is 290 g/mol. The standard InChI is InChI=1S/C19H23NO3/c1-2-12-20(14-16-6-4-3-5-7-16)19(23)11-9-15-8-10-17(21)18(22)13-15/h3-8,10,13,21-22H,2,9,11-12,14H2,1H3. The Labute approximate surface area is 137 Å². The van der Waals surface area contributed by atoms with Gasteiger partial charge in [-0.15, -0.1) is 0 Å². The first-order valence-electron chi connectivity index (χ1n) is 7.92. The lowest BCUT2D eigenvalue weighted by molar-refractivity contribution is -0.131. The van der Waals surface area contributed by atoms with Gasteiger partial charge in [0, 0.05) is 19.5 Å². The van der Waals surface area contributed by atoms with Crippen molar-refractivity contribution in [1.29, 1.82) is 0 Å². The number of rotatable bonds is 7. The van der Waals surface area contributed by atoms with Gasteiger partial charge >= 0.3 is 0 Å². The van der Waals surface area contributed by atoms with E-state index in [-0.39, 0.29) is 17.4 Å². The van der Waals surface area contributed by atoms with Crippen molar-refractivity contribution in [1.82, 2.24) is 4.90 Å². The number of hydrogen-bond donors (Lipinski definition) is 2. The van der Waals surface area contributed by atoms with Gasteiger partial charge in [0.2, 0.25) is 5.91 Å². The molecule has 0 aliphatic carbocycles. The van der Waals surface area contributed by atoms with Crippen LogP contribution in [0.4, 0.5) is 0 Å². The van der Waals surface area contributed by atoms with E-state index in [1.54, 1.807) is 6.07 Å². The van der Waals surface area contributed by atoms with Crippen LogP contribution < -0.4 is 0 Å². The Bertz CT molecular complexity index is 640. The monoisotopic (exact) mass is 313 g/mol. The fourth-order valence-electron chi connectivity index (χ4n) is 2.50. The van der Waals surface area contributed by atoms with Crippen LogP contribution in [-0.4, -0.2) is 27.6 Å². The lowest BCUT2D eigenvalue weighted by atomic mass is 10.1. The first-order chi connectivity index (χ1) is 11.1. The Morgan fingerprint density at radius 1 is 1.00 bits per heavy atom. The summed E-state index contributed by atoms with van der Waals surface area (Å²) in [6, 6.07) is 14.6. The molecule has 0 aliphatic heterocycles. The van der Waals surface area contributed by atoms with Crippen LogP contribution in [0, 0.1) is 0 Å². The van der Waals surface area contributed by atoms with E-state index < -0.39 is 0 Å². The highest BCUT2D eigenvalue weighted by Gasteiger charge is 2.13. The van der Waals surface area contributed by atoms with Crippen LogP contribution in [0.1, 0.15) is 30.9 Å². The topological polar surface area (TPSA) is 60.8 Å². The number of nitrogens with zero attached hydrogens (tertiary/aromatic N) is 1. The number of hydrogen-bond acceptors (Lipinski definition) is 3. The summed E-state index contributed by atoms with van der Waals surface area (Å²) in [4.78, 5) is 14.3. The van der Waals surface area contributed by atoms with Crippen molar-refractivity contribution < 1.29 is 15.0 Å². The summed E-state index contributed by atoms with van der Waals surface area (Å²) in [5, 5.41) is 18.8. The number of phenols is 2. The Kier molecular flexibility index (Phi) is 6.03. The second-order valence-electron chi connectivity index (χ2n) is 5.62. The van der Waals surface area contributed by atoms with Gasteiger partial charge in [0.05, 0.1) is 0 Å². The number of carbonyl (C=O) groups excluding carboxylic acids is 1. The van der Waals surface area contributed by atoms with E-state index >= 15 is 0 Å². The molecule has 0 saturated carbocycles. The van der Waals surface area contributed by atoms with Crippen LogP contribution in [0.2, 0.25) is 0 Å². The first kappa shape index (κ1) is 16.9. The lowest BCUT2D eigenvalue weighted by Crippen LogP contribution is -2.31. The van der Waals surface area contributed by atoms with Gasteiger partial charge in [-0.3, -0.25) is 4.79 Å². The summed E-state index contributed by atoms with van der Waals surface area (Å²) in [5.74, 6) is -0.190. The Hall–Kier alpha value is -2.49. The molecule has 0 bridgehead atoms. The Balaban J connectivity index is 1.96. The largest absolute Gasteiger partial charge is 0.504 e. The smallest absolute Gasteiger partial charge is 0.223 e. The molecule has 2 rings (SSSR count). The van der Waals surface area contributed by atoms with Crippen LogP contribution in [0.3, 0.4) is 0 Å². The molecule has 0 atom stereocenters. The van der Waals surface area contributed by atoms with Crippen molar-refractivity contribution in [3.63, 3.8) is 0 Å². The van der Waals surface area contributed by atoms with E-state index in [9.17, 15) is 15.0 Å². The summed E-state index contributed by atoms with van der Waals surface area (Å²) in [7, 11) is 0. The maximum absolute atomic E-state index is 12.5. The molecule has 1 amide bonds. The van der Waals surface area contributed by atoms with Gasteiger partial charge in [-0.25, -0.2) is 0 Å². The zero-order valence-corrected chi connectivity index (χ0v) is 13.4. The van der Waals surface area contributed by atoms with E-state index in [0.29, 0.717) is 19.4 Å². The van der Waals surface area contributed by atoms with E-state index in [4.69, 9.17) is 0 Å². The van der Waals surface area contributed by atoms with Crippen molar-refractivity contribution in [2.24, 2.45) is 0 Å². The maximum Gasteiger partial charge on any atom is 0.223 e. The van der Waals surface area contributed by atoms with Crippen molar-refractivity contribution in [3.05, 3.63) is 59.7 Å². The minimum Gasteiger partial charge on any atom is -0.504 e. The molecule has 4 heteroatoms. The minimum atomic E-state index is -0.148. The minimum absolute atomic E-state index is 0.100. The second-order valence-corrected chi connectivity index (χ2v) is 5.62. The molecule has 0 unspecified atom stereocenters. The van der Waals surface area contributed by atoms with E-state index in [1.165, 1.54) is 12.1 Å². The lowest BCUT2D eigenvalue weighted by Gasteiger charge is -2.22. The first-order valence-corrected chi connectivity index (χ1v) is 7.92. The van der Waals surface area contributed by atoms with Gasteiger partial charge < -0.3 is 15.1 Å². The molecule has 23 heavy (non-hydrogen) atoms. The molecular formula is C19H23NO3. The average molecular weight is 313 g/mol. The Morgan fingerprint density at radius 3 is 2.39 bits per heavy atom. The number of amides is 1. The van der Waals surface area contributed by atoms with Crippen molar-refractivity contribution in [3.8, 4) is 11.5 Å². The Morgan fingerprint density at radius 2 is 1.74 bits per heavy atom. The number of aromatic hydroxyl groups is 2. The number of aryl methyl sites for hydroxylation is 1. The van der Waals surface area contributed by atoms with Gasteiger partial charge in [0.1, 0.15) is 0 Å². The number of phenolic OH excluding ortho intramolecular Hbond substituents is 2. The molecule has 2 aromatic rings. The molecule has 0 aliphatic rings. The van der Waals surface area contributed by atoms with Gasteiger partial charge in [0.15, 0.2) is 11.5 Å². The zero-order valence-electron chi connectivity index (χ0n) is 13.4. The van der Waals surface area contributed by atoms with E-state index in [0.717, 1.165) is 24.1 Å². The molecule has 0 heterocycles. The summed E-state index contributed by atoms with van der Waals surface area (Å²) < 4.78 is 0. The normalized spacial score (nSPS) is 10.5. The van der Waals surface area contributed by atoms with Crippen molar-refractivity contribution >= 4 is 5.91 Å². The van der Waals surface area contributed by atoms with Gasteiger partial charge in [-0.1, -0.05) is 43.3 Å². The highest BCUT2D eigenvalue weighted by Crippen LogP contribution is 2.25. The molecule has 0 aromatic heterocycles. The zero-order chi connectivity index (χ0) is 16.7. The predicted molar refractivity (Wildman–Crippen MR) is 90.2 cm³/mol. The SMILES string of the molecule is CCCN(Cc1ccccc1)C(=O)CCc1ccc(O)c(O)c1. The van der Waals surface area contributed by atoms with Crippen LogP contribution in [0.15, 0.2) is 48.5 Å². The highest BCUT2D eigenvalue weighted by atomic mass is 16.3. The molecule has 2 aromatic carbocycles. The van der Waals surface area contributed by atoms with Crippen molar-refractivity contribution in [2.45, 2.75) is 32.7 Å². The molecule has 0 spiro atoms. The number of carbonyl (C=O) groups is 1. The van der Waals surface area contributed by atoms with E-state index in [1.807, 2.05) is 35.2 Å². The quantitative estimate of drug-likeness (QED) is 0.769. The third kappa shape index (κ3) is 5.02. The van der Waals surface area contributed by atoms with Crippen LogP contribution in [0.5, 0.6) is 11.5 Å². The predicted octanol–water partition coefficient (Wildman–Crippen LogP) is 3.47. The van der Waals surface area contributed by atoms with Crippen LogP contribution >= 0.6 is 0 Å². The molecule has 0 radical (unpaired) electrons. The molecule has 0 saturated heterocycles. The molecule has 4 nitrogen and oxygen atoms in total. The summed E-state index contributed by atoms with van der Waals surface area (Å²) in [5.41, 5.74) is 1.96. The fourth-order valence-corrected chi connectivity index (χ4v) is 2.50. The summed E-state index contributed by atoms with van der Waals surface area (Å²) in [6.45, 7) is 3.41. The average Bonchev–Trinajstić information content (AvgIpc) is 2.56.